The van der Waals surface area contributed by atoms with Crippen molar-refractivity contribution >= 4 is 23.3 Å². The number of nitrogens with zero attached hydrogens (tertiary/aromatic N) is 4. The molecule has 27 heavy (non-hydrogen) atoms. The first-order chi connectivity index (χ1) is 13.1. The number of nitriles is 1. The number of amidine groups is 2. The summed E-state index contributed by atoms with van der Waals surface area (Å²) in [6.07, 6.45) is 11.3. The maximum absolute atomic E-state index is 12.3. The number of aliphatic imine (C=N–C) groups is 3. The molecule has 0 saturated heterocycles. The third-order valence-electron chi connectivity index (χ3n) is 4.92. The summed E-state index contributed by atoms with van der Waals surface area (Å²) in [5.74, 6) is 1.22. The average molecular weight is 366 g/mol. The maximum Gasteiger partial charge on any atom is 0.226 e. The summed E-state index contributed by atoms with van der Waals surface area (Å²) in [5.41, 5.74) is 1.78. The van der Waals surface area contributed by atoms with E-state index in [1.165, 1.54) is 0 Å². The van der Waals surface area contributed by atoms with Gasteiger partial charge in [0, 0.05) is 44.1 Å². The standard InChI is InChI=1S/C20H26N6O/c1-2-17(25-18-7-6-15(13-21)14-23-18)26-19(27)8-12-24-20(9-10-20)16-5-3-4-11-22-16/h3,5,14,24H,2,4,6-12H2,1H3,(H,23,25,26,27). The molecule has 1 amide bonds. The summed E-state index contributed by atoms with van der Waals surface area (Å²) >= 11 is 0. The van der Waals surface area contributed by atoms with E-state index in [-0.39, 0.29) is 11.4 Å². The van der Waals surface area contributed by atoms with Gasteiger partial charge in [0.1, 0.15) is 11.7 Å². The van der Waals surface area contributed by atoms with E-state index < -0.39 is 0 Å². The number of dihydropyridines is 1. The van der Waals surface area contributed by atoms with Gasteiger partial charge in [0.05, 0.1) is 17.3 Å². The largest absolute Gasteiger partial charge is 0.314 e. The first-order valence-electron chi connectivity index (χ1n) is 9.65. The lowest BCUT2D eigenvalue weighted by Crippen LogP contribution is -2.41. The molecular formula is C20H26N6O. The van der Waals surface area contributed by atoms with Crippen LogP contribution in [0.4, 0.5) is 0 Å². The van der Waals surface area contributed by atoms with Crippen molar-refractivity contribution in [2.45, 2.75) is 57.4 Å². The first-order valence-corrected chi connectivity index (χ1v) is 9.65. The normalized spacial score (nSPS) is 20.9. The summed E-state index contributed by atoms with van der Waals surface area (Å²) in [7, 11) is 0. The molecule has 0 unspecified atom stereocenters. The van der Waals surface area contributed by atoms with Crippen molar-refractivity contribution in [3.8, 4) is 6.07 Å². The second-order valence-corrected chi connectivity index (χ2v) is 6.99. The van der Waals surface area contributed by atoms with E-state index in [2.05, 4.69) is 43.8 Å². The van der Waals surface area contributed by atoms with Crippen LogP contribution in [0.2, 0.25) is 0 Å². The van der Waals surface area contributed by atoms with Gasteiger partial charge in [0.2, 0.25) is 5.91 Å². The second kappa shape index (κ2) is 8.87. The van der Waals surface area contributed by atoms with Gasteiger partial charge in [-0.05, 0) is 31.8 Å². The number of amides is 1. The lowest BCUT2D eigenvalue weighted by atomic mass is 10.1. The molecule has 3 rings (SSSR count). The molecule has 1 aliphatic carbocycles. The summed E-state index contributed by atoms with van der Waals surface area (Å²) < 4.78 is 0. The second-order valence-electron chi connectivity index (χ2n) is 6.99. The van der Waals surface area contributed by atoms with E-state index in [9.17, 15) is 4.79 Å². The Morgan fingerprint density at radius 2 is 2.26 bits per heavy atom. The van der Waals surface area contributed by atoms with Gasteiger partial charge in [-0.1, -0.05) is 13.0 Å². The molecule has 0 aromatic rings. The monoisotopic (exact) mass is 366 g/mol. The molecule has 2 aliphatic heterocycles. The van der Waals surface area contributed by atoms with E-state index in [0.717, 1.165) is 31.5 Å². The molecular weight excluding hydrogens is 340 g/mol. The van der Waals surface area contributed by atoms with E-state index >= 15 is 0 Å². The Morgan fingerprint density at radius 3 is 2.85 bits per heavy atom. The fourth-order valence-corrected chi connectivity index (χ4v) is 3.15. The molecule has 7 nitrogen and oxygen atoms in total. The molecule has 142 valence electrons. The smallest absolute Gasteiger partial charge is 0.226 e. The number of carbonyl (C=O) groups is 1. The molecule has 2 N–H and O–H groups in total. The van der Waals surface area contributed by atoms with Crippen molar-refractivity contribution in [1.29, 1.82) is 5.26 Å². The predicted molar refractivity (Wildman–Crippen MR) is 107 cm³/mol. The summed E-state index contributed by atoms with van der Waals surface area (Å²) in [6.45, 7) is 3.43. The lowest BCUT2D eigenvalue weighted by molar-refractivity contribution is -0.119. The molecule has 1 fully saturated rings. The highest BCUT2D eigenvalue weighted by molar-refractivity contribution is 6.06. The van der Waals surface area contributed by atoms with Crippen molar-refractivity contribution in [3.05, 3.63) is 23.9 Å². The Balaban J connectivity index is 1.47. The number of hydrogen-bond acceptors (Lipinski definition) is 6. The van der Waals surface area contributed by atoms with E-state index in [1.807, 2.05) is 6.92 Å². The molecule has 0 aromatic heterocycles. The van der Waals surface area contributed by atoms with Gasteiger partial charge in [0.25, 0.3) is 0 Å². The Labute approximate surface area is 160 Å². The van der Waals surface area contributed by atoms with Gasteiger partial charge in [-0.25, -0.2) is 9.98 Å². The van der Waals surface area contributed by atoms with Crippen LogP contribution in [-0.2, 0) is 4.79 Å². The zero-order valence-corrected chi connectivity index (χ0v) is 15.8. The summed E-state index contributed by atoms with van der Waals surface area (Å²) in [5, 5.41) is 15.2. The predicted octanol–water partition coefficient (Wildman–Crippen LogP) is 2.42. The molecule has 7 heteroatoms. The van der Waals surface area contributed by atoms with Gasteiger partial charge in [-0.3, -0.25) is 9.79 Å². The number of rotatable bonds is 6. The topological polar surface area (TPSA) is 102 Å². The lowest BCUT2D eigenvalue weighted by Gasteiger charge is -2.19. The van der Waals surface area contributed by atoms with E-state index in [4.69, 9.17) is 5.26 Å². The molecule has 0 bridgehead atoms. The first kappa shape index (κ1) is 19.2. The van der Waals surface area contributed by atoms with Gasteiger partial charge < -0.3 is 10.6 Å². The van der Waals surface area contributed by atoms with Crippen LogP contribution < -0.4 is 10.6 Å². The highest BCUT2D eigenvalue weighted by atomic mass is 16.1. The highest BCUT2D eigenvalue weighted by Gasteiger charge is 2.46. The van der Waals surface area contributed by atoms with Gasteiger partial charge in [0.15, 0.2) is 0 Å². The average Bonchev–Trinajstić information content (AvgIpc) is 3.50. The van der Waals surface area contributed by atoms with Crippen molar-refractivity contribution in [2.75, 3.05) is 13.1 Å². The fraction of sp³-hybridized carbons (Fsp3) is 0.550. The molecule has 0 radical (unpaired) electrons. The molecule has 3 aliphatic rings. The zero-order valence-electron chi connectivity index (χ0n) is 15.8. The Hall–Kier alpha value is -2.59. The van der Waals surface area contributed by atoms with Crippen LogP contribution in [0.3, 0.4) is 0 Å². The SMILES string of the molecule is CCC(=NC1=NC=C(C#N)CC1)NC(=O)CCNC1(C2=NCCC=C2)CC1. The molecule has 2 heterocycles. The number of hydrogen-bond donors (Lipinski definition) is 2. The molecule has 0 aromatic carbocycles. The minimum Gasteiger partial charge on any atom is -0.314 e. The zero-order chi connectivity index (χ0) is 19.1. The van der Waals surface area contributed by atoms with Crippen LogP contribution in [0, 0.1) is 11.3 Å². The number of carbonyl (C=O) groups excluding carboxylic acids is 1. The highest BCUT2D eigenvalue weighted by Crippen LogP contribution is 2.38. The molecule has 0 spiro atoms. The van der Waals surface area contributed by atoms with Crippen LogP contribution in [0.5, 0.6) is 0 Å². The quantitative estimate of drug-likeness (QED) is 0.557. The third kappa shape index (κ3) is 5.20. The van der Waals surface area contributed by atoms with Crippen LogP contribution in [0.25, 0.3) is 0 Å². The minimum atomic E-state index is -0.0512. The van der Waals surface area contributed by atoms with Crippen molar-refractivity contribution in [2.24, 2.45) is 15.0 Å². The third-order valence-corrected chi connectivity index (χ3v) is 4.92. The van der Waals surface area contributed by atoms with Crippen LogP contribution in [0.1, 0.15) is 51.9 Å². The number of allylic oxidation sites excluding steroid dienone is 1. The molecule has 0 atom stereocenters. The van der Waals surface area contributed by atoms with Crippen molar-refractivity contribution in [3.63, 3.8) is 0 Å². The minimum absolute atomic E-state index is 0.0134. The Morgan fingerprint density at radius 1 is 1.41 bits per heavy atom. The Kier molecular flexibility index (Phi) is 6.30. The summed E-state index contributed by atoms with van der Waals surface area (Å²) in [6, 6.07) is 2.10. The van der Waals surface area contributed by atoms with Gasteiger partial charge in [-0.15, -0.1) is 0 Å². The van der Waals surface area contributed by atoms with Crippen LogP contribution in [-0.4, -0.2) is 41.9 Å². The molecule has 1 saturated carbocycles. The van der Waals surface area contributed by atoms with Crippen molar-refractivity contribution in [1.82, 2.24) is 10.6 Å². The number of nitrogens with one attached hydrogen (secondary N) is 2. The van der Waals surface area contributed by atoms with E-state index in [0.29, 0.717) is 49.5 Å². The van der Waals surface area contributed by atoms with Gasteiger partial charge in [-0.2, -0.15) is 5.26 Å². The van der Waals surface area contributed by atoms with Crippen LogP contribution >= 0.6 is 0 Å². The van der Waals surface area contributed by atoms with E-state index in [1.54, 1.807) is 6.20 Å². The Bertz CT molecular complexity index is 777. The summed E-state index contributed by atoms with van der Waals surface area (Å²) in [4.78, 5) is 25.5. The van der Waals surface area contributed by atoms with Crippen molar-refractivity contribution < 1.29 is 4.79 Å². The fourth-order valence-electron chi connectivity index (χ4n) is 3.15. The maximum atomic E-state index is 12.3. The van der Waals surface area contributed by atoms with Crippen LogP contribution in [0.15, 0.2) is 38.9 Å². The van der Waals surface area contributed by atoms with Gasteiger partial charge >= 0.3 is 0 Å².